The molecule has 0 amide bonds. The van der Waals surface area contributed by atoms with Crippen LogP contribution in [-0.2, 0) is 0 Å². The first kappa shape index (κ1) is 22.6. The van der Waals surface area contributed by atoms with Gasteiger partial charge in [-0.25, -0.2) is 0 Å². The SMILES string of the molecule is Cc1cc(C)c(NCCNC(S)CNc2c(C)cc(C)c(C)c2C)c(C)c1C. The molecule has 0 fully saturated rings. The molecule has 3 nitrogen and oxygen atoms in total. The Labute approximate surface area is 177 Å². The predicted molar refractivity (Wildman–Crippen MR) is 129 cm³/mol. The third kappa shape index (κ3) is 5.24. The molecule has 4 heteroatoms. The highest BCUT2D eigenvalue weighted by atomic mass is 32.1. The van der Waals surface area contributed by atoms with Crippen molar-refractivity contribution in [2.45, 2.75) is 60.8 Å². The van der Waals surface area contributed by atoms with Crippen molar-refractivity contribution in [2.24, 2.45) is 0 Å². The Balaban J connectivity index is 1.84. The van der Waals surface area contributed by atoms with E-state index in [0.717, 1.165) is 19.6 Å². The lowest BCUT2D eigenvalue weighted by atomic mass is 9.98. The number of nitrogens with one attached hydrogen (secondary N) is 3. The lowest BCUT2D eigenvalue weighted by molar-refractivity contribution is 0.682. The van der Waals surface area contributed by atoms with Gasteiger partial charge in [-0.15, -0.1) is 0 Å². The molecular formula is C24H37N3S. The maximum Gasteiger partial charge on any atom is 0.0678 e. The number of aryl methyl sites for hydroxylation is 4. The Morgan fingerprint density at radius 1 is 0.643 bits per heavy atom. The highest BCUT2D eigenvalue weighted by Crippen LogP contribution is 2.27. The van der Waals surface area contributed by atoms with Gasteiger partial charge in [-0.1, -0.05) is 12.1 Å². The minimum absolute atomic E-state index is 0.101. The van der Waals surface area contributed by atoms with Crippen molar-refractivity contribution in [1.29, 1.82) is 0 Å². The molecule has 0 aliphatic rings. The van der Waals surface area contributed by atoms with E-state index in [4.69, 9.17) is 12.6 Å². The van der Waals surface area contributed by atoms with E-state index in [1.54, 1.807) is 0 Å². The van der Waals surface area contributed by atoms with E-state index >= 15 is 0 Å². The molecule has 1 atom stereocenters. The van der Waals surface area contributed by atoms with Crippen LogP contribution < -0.4 is 16.0 Å². The van der Waals surface area contributed by atoms with Gasteiger partial charge in [0.15, 0.2) is 0 Å². The second-order valence-corrected chi connectivity index (χ2v) is 8.67. The molecule has 0 saturated carbocycles. The van der Waals surface area contributed by atoms with E-state index in [1.165, 1.54) is 55.9 Å². The standard InChI is InChI=1S/C24H37N3S/c1-14-11-16(3)23(20(7)18(14)5)26-10-9-25-22(28)13-27-24-17(4)12-15(2)19(6)21(24)8/h11-12,22,25-28H,9-10,13H2,1-8H3. The van der Waals surface area contributed by atoms with E-state index in [9.17, 15) is 0 Å². The van der Waals surface area contributed by atoms with Gasteiger partial charge in [0.05, 0.1) is 5.37 Å². The van der Waals surface area contributed by atoms with Crippen molar-refractivity contribution in [3.8, 4) is 0 Å². The maximum absolute atomic E-state index is 4.70. The minimum Gasteiger partial charge on any atom is -0.383 e. The fourth-order valence-corrected chi connectivity index (χ4v) is 4.03. The molecule has 3 N–H and O–H groups in total. The Hall–Kier alpha value is -1.65. The van der Waals surface area contributed by atoms with Crippen LogP contribution in [0.1, 0.15) is 44.5 Å². The normalized spacial score (nSPS) is 12.2. The molecule has 2 rings (SSSR count). The summed E-state index contributed by atoms with van der Waals surface area (Å²) in [5, 5.41) is 10.8. The van der Waals surface area contributed by atoms with Gasteiger partial charge in [0.2, 0.25) is 0 Å². The van der Waals surface area contributed by atoms with Gasteiger partial charge in [-0.2, -0.15) is 12.6 Å². The number of anilines is 2. The summed E-state index contributed by atoms with van der Waals surface area (Å²) in [7, 11) is 0. The summed E-state index contributed by atoms with van der Waals surface area (Å²) in [5.74, 6) is 0. The second kappa shape index (κ2) is 9.71. The number of rotatable bonds is 8. The minimum atomic E-state index is 0.101. The van der Waals surface area contributed by atoms with Gasteiger partial charge in [0, 0.05) is 31.0 Å². The Morgan fingerprint density at radius 2 is 1.11 bits per heavy atom. The number of benzene rings is 2. The first-order valence-electron chi connectivity index (χ1n) is 10.2. The third-order valence-corrected chi connectivity index (χ3v) is 6.36. The summed E-state index contributed by atoms with van der Waals surface area (Å²) in [5.41, 5.74) is 13.2. The molecule has 154 valence electrons. The lowest BCUT2D eigenvalue weighted by Gasteiger charge is -2.21. The summed E-state index contributed by atoms with van der Waals surface area (Å²) in [6.45, 7) is 20.0. The Morgan fingerprint density at radius 3 is 1.61 bits per heavy atom. The maximum atomic E-state index is 4.70. The highest BCUT2D eigenvalue weighted by Gasteiger charge is 2.10. The monoisotopic (exact) mass is 399 g/mol. The summed E-state index contributed by atoms with van der Waals surface area (Å²) in [6.07, 6.45) is 0. The third-order valence-electron chi connectivity index (χ3n) is 5.99. The summed E-state index contributed by atoms with van der Waals surface area (Å²) in [4.78, 5) is 0. The second-order valence-electron chi connectivity index (χ2n) is 8.05. The van der Waals surface area contributed by atoms with Crippen LogP contribution in [0.2, 0.25) is 0 Å². The topological polar surface area (TPSA) is 36.1 Å². The predicted octanol–water partition coefficient (Wildman–Crippen LogP) is 5.52. The van der Waals surface area contributed by atoms with Crippen LogP contribution in [0.15, 0.2) is 12.1 Å². The number of hydrogen-bond acceptors (Lipinski definition) is 4. The molecule has 0 bridgehead atoms. The molecule has 1 unspecified atom stereocenters. The molecular weight excluding hydrogens is 362 g/mol. The van der Waals surface area contributed by atoms with Crippen LogP contribution >= 0.6 is 12.6 Å². The van der Waals surface area contributed by atoms with E-state index in [-0.39, 0.29) is 5.37 Å². The van der Waals surface area contributed by atoms with Crippen LogP contribution in [0, 0.1) is 55.4 Å². The highest BCUT2D eigenvalue weighted by molar-refractivity contribution is 7.80. The van der Waals surface area contributed by atoms with E-state index in [0.29, 0.717) is 0 Å². The van der Waals surface area contributed by atoms with Gasteiger partial charge in [-0.3, -0.25) is 0 Å². The lowest BCUT2D eigenvalue weighted by Crippen LogP contribution is -2.34. The molecule has 0 aliphatic carbocycles. The first-order chi connectivity index (χ1) is 13.1. The summed E-state index contributed by atoms with van der Waals surface area (Å²) >= 11 is 4.70. The van der Waals surface area contributed by atoms with Gasteiger partial charge in [0.1, 0.15) is 0 Å². The van der Waals surface area contributed by atoms with Crippen molar-refractivity contribution in [3.05, 3.63) is 56.6 Å². The zero-order valence-corrected chi connectivity index (χ0v) is 19.7. The van der Waals surface area contributed by atoms with Crippen LogP contribution in [0.4, 0.5) is 11.4 Å². The van der Waals surface area contributed by atoms with Crippen molar-refractivity contribution in [3.63, 3.8) is 0 Å². The summed E-state index contributed by atoms with van der Waals surface area (Å²) < 4.78 is 0. The Bertz CT molecular complexity index is 843. The van der Waals surface area contributed by atoms with Crippen LogP contribution in [-0.4, -0.2) is 25.0 Å². The molecule has 0 saturated heterocycles. The average molecular weight is 400 g/mol. The van der Waals surface area contributed by atoms with Crippen molar-refractivity contribution >= 4 is 24.0 Å². The molecule has 0 radical (unpaired) electrons. The molecule has 0 spiro atoms. The van der Waals surface area contributed by atoms with Gasteiger partial charge < -0.3 is 16.0 Å². The van der Waals surface area contributed by atoms with E-state index in [2.05, 4.69) is 83.5 Å². The van der Waals surface area contributed by atoms with Crippen molar-refractivity contribution < 1.29 is 0 Å². The van der Waals surface area contributed by atoms with Gasteiger partial charge in [-0.05, 0) is 99.9 Å². The van der Waals surface area contributed by atoms with Gasteiger partial charge in [0.25, 0.3) is 0 Å². The quantitative estimate of drug-likeness (QED) is 0.268. The zero-order valence-electron chi connectivity index (χ0n) is 18.8. The molecule has 2 aromatic rings. The van der Waals surface area contributed by atoms with Crippen molar-refractivity contribution in [2.75, 3.05) is 30.3 Å². The molecule has 0 heterocycles. The van der Waals surface area contributed by atoms with E-state index < -0.39 is 0 Å². The molecule has 2 aromatic carbocycles. The summed E-state index contributed by atoms with van der Waals surface area (Å²) in [6, 6.07) is 4.52. The van der Waals surface area contributed by atoms with E-state index in [1.807, 2.05) is 0 Å². The largest absolute Gasteiger partial charge is 0.383 e. The number of thiol groups is 1. The van der Waals surface area contributed by atoms with Crippen LogP contribution in [0.25, 0.3) is 0 Å². The molecule has 0 aliphatic heterocycles. The van der Waals surface area contributed by atoms with Crippen LogP contribution in [0.5, 0.6) is 0 Å². The molecule has 28 heavy (non-hydrogen) atoms. The molecule has 0 aromatic heterocycles. The number of hydrogen-bond donors (Lipinski definition) is 4. The fourth-order valence-electron chi connectivity index (χ4n) is 3.81. The van der Waals surface area contributed by atoms with Crippen molar-refractivity contribution in [1.82, 2.24) is 5.32 Å². The smallest absolute Gasteiger partial charge is 0.0678 e. The zero-order chi connectivity index (χ0) is 21.0. The first-order valence-corrected chi connectivity index (χ1v) is 10.7. The Kier molecular flexibility index (Phi) is 7.85. The fraction of sp³-hybridized carbons (Fsp3) is 0.500. The average Bonchev–Trinajstić information content (AvgIpc) is 2.63. The van der Waals surface area contributed by atoms with Crippen LogP contribution in [0.3, 0.4) is 0 Å². The van der Waals surface area contributed by atoms with Gasteiger partial charge >= 0.3 is 0 Å².